The Bertz CT molecular complexity index is 1030. The molecule has 28 heavy (non-hydrogen) atoms. The first-order valence-corrected chi connectivity index (χ1v) is 10.6. The number of nitrogens with zero attached hydrogens (tertiary/aromatic N) is 3. The van der Waals surface area contributed by atoms with Gasteiger partial charge in [0.25, 0.3) is 5.91 Å². The zero-order chi connectivity index (χ0) is 19.7. The average molecular weight is 414 g/mol. The van der Waals surface area contributed by atoms with Gasteiger partial charge in [-0.05, 0) is 43.9 Å². The van der Waals surface area contributed by atoms with E-state index in [1.807, 2.05) is 34.9 Å². The van der Waals surface area contributed by atoms with Crippen LogP contribution in [0.3, 0.4) is 0 Å². The number of nitrogens with two attached hydrogens (primary N) is 1. The van der Waals surface area contributed by atoms with Gasteiger partial charge in [-0.15, -0.1) is 21.5 Å². The van der Waals surface area contributed by atoms with Crippen LogP contribution >= 0.6 is 23.1 Å². The van der Waals surface area contributed by atoms with E-state index in [-0.39, 0.29) is 5.91 Å². The van der Waals surface area contributed by atoms with E-state index in [4.69, 9.17) is 5.73 Å². The van der Waals surface area contributed by atoms with Crippen LogP contribution in [0.25, 0.3) is 5.69 Å². The maximum absolute atomic E-state index is 12.8. The predicted molar refractivity (Wildman–Crippen MR) is 110 cm³/mol. The zero-order valence-corrected chi connectivity index (χ0v) is 16.8. The van der Waals surface area contributed by atoms with Crippen molar-refractivity contribution in [3.05, 3.63) is 52.7 Å². The number of hydrogen-bond donors (Lipinski definition) is 2. The van der Waals surface area contributed by atoms with Crippen molar-refractivity contribution in [2.24, 2.45) is 5.73 Å². The fraction of sp³-hybridized carbons (Fsp3) is 0.263. The highest BCUT2D eigenvalue weighted by Crippen LogP contribution is 2.39. The predicted octanol–water partition coefficient (Wildman–Crippen LogP) is 3.04. The molecule has 1 aliphatic rings. The second kappa shape index (κ2) is 7.76. The lowest BCUT2D eigenvalue weighted by Crippen LogP contribution is -2.24. The number of carbonyl (C=O) groups excluding carboxylic acids is 2. The van der Waals surface area contributed by atoms with Crippen molar-refractivity contribution >= 4 is 39.9 Å². The molecule has 2 heterocycles. The molecule has 0 bridgehead atoms. The smallest absolute Gasteiger partial charge is 0.251 e. The maximum Gasteiger partial charge on any atom is 0.251 e. The summed E-state index contributed by atoms with van der Waals surface area (Å²) in [7, 11) is 0. The van der Waals surface area contributed by atoms with Gasteiger partial charge in [-0.2, -0.15) is 0 Å². The molecule has 3 N–H and O–H groups in total. The standard InChI is InChI=1S/C19H19N5O2S2/c1-11(27-19-23-21-10-24(19)12-6-3-2-4-7-12)17(26)22-18-15(16(20)25)13-8-5-9-14(13)28-18/h2-4,6-7,10-11H,5,8-9H2,1H3,(H2,20,25)(H,22,26)/t11-/m1/s1. The Morgan fingerprint density at radius 1 is 1.29 bits per heavy atom. The first-order chi connectivity index (χ1) is 13.5. The Morgan fingerprint density at radius 2 is 2.07 bits per heavy atom. The number of rotatable bonds is 6. The lowest BCUT2D eigenvalue weighted by atomic mass is 10.1. The van der Waals surface area contributed by atoms with Crippen LogP contribution in [0.1, 0.15) is 34.1 Å². The molecule has 2 amide bonds. The number of primary amides is 1. The molecule has 3 aromatic rings. The van der Waals surface area contributed by atoms with Gasteiger partial charge in [-0.25, -0.2) is 0 Å². The summed E-state index contributed by atoms with van der Waals surface area (Å²) in [5.41, 5.74) is 7.96. The molecule has 7 nitrogen and oxygen atoms in total. The van der Waals surface area contributed by atoms with E-state index in [1.165, 1.54) is 23.1 Å². The quantitative estimate of drug-likeness (QED) is 0.605. The van der Waals surface area contributed by atoms with E-state index in [0.717, 1.165) is 35.4 Å². The minimum absolute atomic E-state index is 0.199. The number of amides is 2. The number of fused-ring (bicyclic) bond motifs is 1. The van der Waals surface area contributed by atoms with E-state index < -0.39 is 11.2 Å². The maximum atomic E-state index is 12.8. The van der Waals surface area contributed by atoms with Crippen LogP contribution in [0, 0.1) is 0 Å². The summed E-state index contributed by atoms with van der Waals surface area (Å²) in [5, 5.41) is 11.7. The number of thioether (sulfide) groups is 1. The molecule has 0 spiro atoms. The summed E-state index contributed by atoms with van der Waals surface area (Å²) in [5.74, 6) is -0.686. The second-order valence-corrected chi connectivity index (χ2v) is 8.91. The molecule has 0 unspecified atom stereocenters. The van der Waals surface area contributed by atoms with Crippen LogP contribution in [0.5, 0.6) is 0 Å². The number of aryl methyl sites for hydroxylation is 1. The number of benzene rings is 1. The van der Waals surface area contributed by atoms with Gasteiger partial charge in [0.2, 0.25) is 5.91 Å². The highest BCUT2D eigenvalue weighted by molar-refractivity contribution is 8.00. The van der Waals surface area contributed by atoms with Crippen LogP contribution in [-0.2, 0) is 17.6 Å². The number of anilines is 1. The molecule has 1 aliphatic carbocycles. The molecule has 1 aromatic carbocycles. The molecular formula is C19H19N5O2S2. The second-order valence-electron chi connectivity index (χ2n) is 6.49. The van der Waals surface area contributed by atoms with Crippen LogP contribution in [0.2, 0.25) is 0 Å². The van der Waals surface area contributed by atoms with Gasteiger partial charge >= 0.3 is 0 Å². The highest BCUT2D eigenvalue weighted by Gasteiger charge is 2.27. The lowest BCUT2D eigenvalue weighted by molar-refractivity contribution is -0.115. The van der Waals surface area contributed by atoms with E-state index >= 15 is 0 Å². The summed E-state index contributed by atoms with van der Waals surface area (Å²) in [4.78, 5) is 25.8. The number of hydrogen-bond acceptors (Lipinski definition) is 6. The monoisotopic (exact) mass is 413 g/mol. The Hall–Kier alpha value is -2.65. The summed E-state index contributed by atoms with van der Waals surface area (Å²) >= 11 is 2.77. The molecule has 0 saturated carbocycles. The fourth-order valence-corrected chi connectivity index (χ4v) is 5.39. The molecule has 144 valence electrons. The van der Waals surface area contributed by atoms with Gasteiger partial charge < -0.3 is 11.1 Å². The molecule has 0 radical (unpaired) electrons. The molecule has 0 fully saturated rings. The first kappa shape index (κ1) is 18.7. The molecular weight excluding hydrogens is 394 g/mol. The molecule has 9 heteroatoms. The van der Waals surface area contributed by atoms with E-state index in [2.05, 4.69) is 15.5 Å². The summed E-state index contributed by atoms with van der Waals surface area (Å²) < 4.78 is 1.84. The zero-order valence-electron chi connectivity index (χ0n) is 15.2. The van der Waals surface area contributed by atoms with Crippen molar-refractivity contribution in [1.82, 2.24) is 14.8 Å². The summed E-state index contributed by atoms with van der Waals surface area (Å²) in [6, 6.07) is 9.70. The summed E-state index contributed by atoms with van der Waals surface area (Å²) in [6.45, 7) is 1.80. The molecule has 1 atom stereocenters. The third kappa shape index (κ3) is 3.55. The first-order valence-electron chi connectivity index (χ1n) is 8.92. The number of carbonyl (C=O) groups is 2. The molecule has 2 aromatic heterocycles. The largest absolute Gasteiger partial charge is 0.365 e. The molecule has 4 rings (SSSR count). The van der Waals surface area contributed by atoms with Crippen LogP contribution in [-0.4, -0.2) is 31.8 Å². The van der Waals surface area contributed by atoms with Gasteiger partial charge in [0.05, 0.1) is 10.8 Å². The summed E-state index contributed by atoms with van der Waals surface area (Å²) in [6.07, 6.45) is 4.42. The SMILES string of the molecule is C[C@@H](Sc1nncn1-c1ccccc1)C(=O)Nc1sc2c(c1C(N)=O)CCC2. The van der Waals surface area contributed by atoms with Gasteiger partial charge in [0, 0.05) is 10.6 Å². The lowest BCUT2D eigenvalue weighted by Gasteiger charge is -2.12. The molecule has 0 saturated heterocycles. The molecule has 0 aliphatic heterocycles. The number of nitrogens with one attached hydrogen (secondary N) is 1. The third-order valence-corrected chi connectivity index (χ3v) is 6.87. The van der Waals surface area contributed by atoms with E-state index in [1.54, 1.807) is 13.3 Å². The van der Waals surface area contributed by atoms with Crippen molar-refractivity contribution in [3.63, 3.8) is 0 Å². The van der Waals surface area contributed by atoms with Gasteiger partial charge in [-0.3, -0.25) is 14.2 Å². The van der Waals surface area contributed by atoms with E-state index in [0.29, 0.717) is 15.7 Å². The van der Waals surface area contributed by atoms with Crippen molar-refractivity contribution in [1.29, 1.82) is 0 Å². The number of thiophene rings is 1. The number of aromatic nitrogens is 3. The Balaban J connectivity index is 1.50. The van der Waals surface area contributed by atoms with Crippen LogP contribution in [0.15, 0.2) is 41.8 Å². The fourth-order valence-electron chi connectivity index (χ4n) is 3.25. The Labute approximate surface area is 170 Å². The van der Waals surface area contributed by atoms with Crippen molar-refractivity contribution in [2.45, 2.75) is 36.6 Å². The van der Waals surface area contributed by atoms with Crippen molar-refractivity contribution < 1.29 is 9.59 Å². The van der Waals surface area contributed by atoms with Gasteiger partial charge in [-0.1, -0.05) is 30.0 Å². The van der Waals surface area contributed by atoms with Crippen LogP contribution in [0.4, 0.5) is 5.00 Å². The highest BCUT2D eigenvalue weighted by atomic mass is 32.2. The normalized spacial score (nSPS) is 13.9. The van der Waals surface area contributed by atoms with Gasteiger partial charge in [0.1, 0.15) is 11.3 Å². The minimum Gasteiger partial charge on any atom is -0.365 e. The minimum atomic E-state index is -0.487. The van der Waals surface area contributed by atoms with Gasteiger partial charge in [0.15, 0.2) is 5.16 Å². The number of para-hydroxylation sites is 1. The Kier molecular flexibility index (Phi) is 5.19. The van der Waals surface area contributed by atoms with Crippen molar-refractivity contribution in [3.8, 4) is 5.69 Å². The third-order valence-electron chi connectivity index (χ3n) is 4.61. The average Bonchev–Trinajstić information content (AvgIpc) is 3.38. The van der Waals surface area contributed by atoms with Crippen LogP contribution < -0.4 is 11.1 Å². The van der Waals surface area contributed by atoms with Crippen molar-refractivity contribution in [2.75, 3.05) is 5.32 Å². The van der Waals surface area contributed by atoms with E-state index in [9.17, 15) is 9.59 Å². The topological polar surface area (TPSA) is 103 Å². The Morgan fingerprint density at radius 3 is 2.82 bits per heavy atom.